The monoisotopic (exact) mass is 311 g/mol. The summed E-state index contributed by atoms with van der Waals surface area (Å²) < 4.78 is 0. The molecule has 1 aliphatic carbocycles. The summed E-state index contributed by atoms with van der Waals surface area (Å²) in [5.74, 6) is 0.810. The summed E-state index contributed by atoms with van der Waals surface area (Å²) in [6.45, 7) is 2.29. The minimum Gasteiger partial charge on any atom is -0.296 e. The first kappa shape index (κ1) is 14.3. The van der Waals surface area contributed by atoms with E-state index in [2.05, 4.69) is 41.3 Å². The molecule has 2 bridgehead atoms. The maximum atomic E-state index is 6.01. The highest BCUT2D eigenvalue weighted by molar-refractivity contribution is 6.30. The van der Waals surface area contributed by atoms with Crippen LogP contribution in [-0.4, -0.2) is 17.5 Å². The van der Waals surface area contributed by atoms with E-state index in [1.165, 1.54) is 37.8 Å². The molecule has 0 aromatic heterocycles. The van der Waals surface area contributed by atoms with Gasteiger partial charge in [0.15, 0.2) is 0 Å². The van der Waals surface area contributed by atoms with Crippen LogP contribution in [-0.2, 0) is 19.4 Å². The van der Waals surface area contributed by atoms with Crippen molar-refractivity contribution in [2.45, 2.75) is 38.3 Å². The predicted octanol–water partition coefficient (Wildman–Crippen LogP) is 4.72. The van der Waals surface area contributed by atoms with E-state index >= 15 is 0 Å². The summed E-state index contributed by atoms with van der Waals surface area (Å²) in [7, 11) is 0. The Morgan fingerprint density at radius 2 is 1.64 bits per heavy atom. The first-order chi connectivity index (χ1) is 10.8. The summed E-state index contributed by atoms with van der Waals surface area (Å²) >= 11 is 6.01. The van der Waals surface area contributed by atoms with Crippen LogP contribution < -0.4 is 0 Å². The molecule has 2 atom stereocenters. The van der Waals surface area contributed by atoms with Crippen molar-refractivity contribution in [2.24, 2.45) is 5.92 Å². The smallest absolute Gasteiger partial charge is 0.0406 e. The molecule has 2 heterocycles. The summed E-state index contributed by atoms with van der Waals surface area (Å²) in [4.78, 5) is 2.70. The molecule has 114 valence electrons. The van der Waals surface area contributed by atoms with E-state index < -0.39 is 0 Å². The molecule has 5 rings (SSSR count). The van der Waals surface area contributed by atoms with Crippen molar-refractivity contribution >= 4 is 11.6 Å². The quantitative estimate of drug-likeness (QED) is 0.775. The van der Waals surface area contributed by atoms with Crippen LogP contribution in [0, 0.1) is 5.92 Å². The normalized spacial score (nSPS) is 24.6. The summed E-state index contributed by atoms with van der Waals surface area (Å²) in [6, 6.07) is 18.1. The van der Waals surface area contributed by atoms with E-state index in [1.54, 1.807) is 11.1 Å². The summed E-state index contributed by atoms with van der Waals surface area (Å²) in [5.41, 5.74) is 4.53. The third-order valence-corrected chi connectivity index (χ3v) is 5.55. The molecule has 22 heavy (non-hydrogen) atoms. The molecule has 1 fully saturated rings. The van der Waals surface area contributed by atoms with Gasteiger partial charge in [-0.1, -0.05) is 48.0 Å². The first-order valence-corrected chi connectivity index (χ1v) is 8.71. The molecule has 0 saturated carbocycles. The van der Waals surface area contributed by atoms with Gasteiger partial charge in [0, 0.05) is 24.2 Å². The van der Waals surface area contributed by atoms with Gasteiger partial charge in [0.05, 0.1) is 0 Å². The van der Waals surface area contributed by atoms with E-state index in [0.29, 0.717) is 6.04 Å². The van der Waals surface area contributed by atoms with Crippen molar-refractivity contribution in [1.82, 2.24) is 4.90 Å². The van der Waals surface area contributed by atoms with Crippen molar-refractivity contribution in [1.29, 1.82) is 0 Å². The number of piperidine rings is 1. The molecule has 2 aliphatic heterocycles. The largest absolute Gasteiger partial charge is 0.296 e. The van der Waals surface area contributed by atoms with E-state index in [-0.39, 0.29) is 0 Å². The van der Waals surface area contributed by atoms with Crippen LogP contribution in [0.15, 0.2) is 48.5 Å². The van der Waals surface area contributed by atoms with Crippen LogP contribution in [0.1, 0.15) is 29.5 Å². The summed E-state index contributed by atoms with van der Waals surface area (Å²) in [5, 5.41) is 0.826. The van der Waals surface area contributed by atoms with Crippen molar-refractivity contribution in [2.75, 3.05) is 6.54 Å². The maximum absolute atomic E-state index is 6.01. The van der Waals surface area contributed by atoms with Gasteiger partial charge >= 0.3 is 0 Å². The molecule has 0 N–H and O–H groups in total. The van der Waals surface area contributed by atoms with Crippen molar-refractivity contribution in [3.63, 3.8) is 0 Å². The average Bonchev–Trinajstić information content (AvgIpc) is 2.50. The fraction of sp³-hybridized carbons (Fsp3) is 0.400. The van der Waals surface area contributed by atoms with Crippen LogP contribution in [0.25, 0.3) is 0 Å². The molecule has 3 aliphatic rings. The molecule has 0 amide bonds. The number of halogens is 1. The Hall–Kier alpha value is -1.31. The zero-order valence-corrected chi connectivity index (χ0v) is 13.6. The van der Waals surface area contributed by atoms with Crippen molar-refractivity contribution in [3.05, 3.63) is 70.2 Å². The van der Waals surface area contributed by atoms with Gasteiger partial charge in [-0.15, -0.1) is 0 Å². The van der Waals surface area contributed by atoms with E-state index in [4.69, 9.17) is 11.6 Å². The summed E-state index contributed by atoms with van der Waals surface area (Å²) in [6.07, 6.45) is 5.18. The molecule has 1 saturated heterocycles. The van der Waals surface area contributed by atoms with E-state index in [1.807, 2.05) is 12.1 Å². The van der Waals surface area contributed by atoms with Crippen molar-refractivity contribution in [3.8, 4) is 0 Å². The second kappa shape index (κ2) is 6.06. The van der Waals surface area contributed by atoms with E-state index in [0.717, 1.165) is 17.5 Å². The maximum Gasteiger partial charge on any atom is 0.0406 e. The minimum atomic E-state index is 0.688. The lowest BCUT2D eigenvalue weighted by molar-refractivity contribution is 0.0938. The lowest BCUT2D eigenvalue weighted by Crippen LogP contribution is -2.46. The highest BCUT2D eigenvalue weighted by Gasteiger charge is 2.31. The topological polar surface area (TPSA) is 3.24 Å². The predicted molar refractivity (Wildman–Crippen MR) is 92.2 cm³/mol. The highest BCUT2D eigenvalue weighted by atomic mass is 35.5. The molecule has 0 radical (unpaired) electrons. The highest BCUT2D eigenvalue weighted by Crippen LogP contribution is 2.33. The molecule has 2 heteroatoms. The van der Waals surface area contributed by atoms with Gasteiger partial charge in [-0.05, 0) is 60.4 Å². The number of nitrogens with zero attached hydrogens (tertiary/aromatic N) is 1. The number of rotatable bonds is 2. The zero-order valence-electron chi connectivity index (χ0n) is 12.8. The Labute approximate surface area is 137 Å². The Balaban J connectivity index is 1.57. The lowest BCUT2D eigenvalue weighted by atomic mass is 9.80. The number of fused-ring (bicyclic) bond motifs is 2. The molecular weight excluding hydrogens is 290 g/mol. The Kier molecular flexibility index (Phi) is 3.94. The van der Waals surface area contributed by atoms with Gasteiger partial charge in [0.2, 0.25) is 0 Å². The second-order valence-corrected chi connectivity index (χ2v) is 7.27. The Bertz CT molecular complexity index is 649. The Morgan fingerprint density at radius 3 is 2.41 bits per heavy atom. The molecule has 0 unspecified atom stereocenters. The molecule has 0 spiro atoms. The van der Waals surface area contributed by atoms with Gasteiger partial charge < -0.3 is 0 Å². The van der Waals surface area contributed by atoms with Gasteiger partial charge in [-0.3, -0.25) is 4.90 Å². The van der Waals surface area contributed by atoms with Crippen LogP contribution in [0.2, 0.25) is 5.02 Å². The van der Waals surface area contributed by atoms with Crippen LogP contribution in [0.4, 0.5) is 0 Å². The standard InChI is InChI=1S/C20H22ClN/c21-19-8-5-15(6-9-19)13-22-14-16-7-10-20(22)12-18-4-2-1-3-17(18)11-16/h1-6,8-9,16,20H,7,10-14H2/t16-,20-/m1/s1. The van der Waals surface area contributed by atoms with Gasteiger partial charge in [0.25, 0.3) is 0 Å². The van der Waals surface area contributed by atoms with Gasteiger partial charge in [0.1, 0.15) is 0 Å². The lowest BCUT2D eigenvalue weighted by Gasteiger charge is -2.42. The van der Waals surface area contributed by atoms with Crippen LogP contribution >= 0.6 is 11.6 Å². The van der Waals surface area contributed by atoms with Crippen LogP contribution in [0.5, 0.6) is 0 Å². The fourth-order valence-corrected chi connectivity index (χ4v) is 4.25. The van der Waals surface area contributed by atoms with Crippen LogP contribution in [0.3, 0.4) is 0 Å². The number of hydrogen-bond acceptors (Lipinski definition) is 1. The molecule has 2 aromatic rings. The third kappa shape index (κ3) is 2.93. The molecular formula is C20H22ClN. The van der Waals surface area contributed by atoms with Crippen molar-refractivity contribution < 1.29 is 0 Å². The van der Waals surface area contributed by atoms with Gasteiger partial charge in [-0.25, -0.2) is 0 Å². The first-order valence-electron chi connectivity index (χ1n) is 8.33. The molecule has 1 nitrogen and oxygen atoms in total. The minimum absolute atomic E-state index is 0.688. The Morgan fingerprint density at radius 1 is 0.909 bits per heavy atom. The zero-order chi connectivity index (χ0) is 14.9. The number of benzene rings is 2. The van der Waals surface area contributed by atoms with E-state index in [9.17, 15) is 0 Å². The van der Waals surface area contributed by atoms with Gasteiger partial charge in [-0.2, -0.15) is 0 Å². The average molecular weight is 312 g/mol. The fourth-order valence-electron chi connectivity index (χ4n) is 4.12. The molecule has 2 aromatic carbocycles. The third-order valence-electron chi connectivity index (χ3n) is 5.30. The number of hydrogen-bond donors (Lipinski definition) is 0. The SMILES string of the molecule is Clc1ccc(CN2C[C@@H]3CC[C@@H]2Cc2ccccc2C3)cc1. The second-order valence-electron chi connectivity index (χ2n) is 6.83.